The van der Waals surface area contributed by atoms with Crippen LogP contribution in [0, 0.1) is 11.6 Å². The molecule has 0 amide bonds. The third kappa shape index (κ3) is 6.85. The number of nitrogens with zero attached hydrogens (tertiary/aromatic N) is 2. The van der Waals surface area contributed by atoms with Crippen molar-refractivity contribution in [1.29, 1.82) is 0 Å². The molecule has 4 rings (SSSR count). The van der Waals surface area contributed by atoms with Gasteiger partial charge in [0.25, 0.3) is 0 Å². The van der Waals surface area contributed by atoms with Gasteiger partial charge in [-0.1, -0.05) is 12.2 Å². The van der Waals surface area contributed by atoms with E-state index in [1.807, 2.05) is 0 Å². The van der Waals surface area contributed by atoms with Crippen molar-refractivity contribution in [3.63, 3.8) is 0 Å². The van der Waals surface area contributed by atoms with E-state index in [1.54, 1.807) is 30.5 Å². The molecule has 0 aliphatic carbocycles. The fourth-order valence-corrected chi connectivity index (χ4v) is 4.54. The number of ether oxygens (including phenoxy) is 2. The Morgan fingerprint density at radius 3 is 2.89 bits per heavy atom. The van der Waals surface area contributed by atoms with Crippen LogP contribution in [0.25, 0.3) is 17.1 Å². The van der Waals surface area contributed by atoms with Gasteiger partial charge in [-0.15, -0.1) is 0 Å². The first-order valence-electron chi connectivity index (χ1n) is 12.0. The Morgan fingerprint density at radius 2 is 2.11 bits per heavy atom. The third-order valence-corrected chi connectivity index (χ3v) is 6.40. The van der Waals surface area contributed by atoms with E-state index in [1.165, 1.54) is 13.2 Å². The van der Waals surface area contributed by atoms with Gasteiger partial charge in [-0.25, -0.2) is 13.8 Å². The lowest BCUT2D eigenvalue weighted by Gasteiger charge is -2.38. The van der Waals surface area contributed by atoms with Crippen molar-refractivity contribution in [1.82, 2.24) is 15.3 Å². The number of aromatic nitrogens is 2. The minimum Gasteiger partial charge on any atom is -0.481 e. The van der Waals surface area contributed by atoms with Crippen LogP contribution in [-0.4, -0.2) is 64.2 Å². The van der Waals surface area contributed by atoms with E-state index < -0.39 is 35.9 Å². The van der Waals surface area contributed by atoms with Crippen LogP contribution in [0.1, 0.15) is 30.4 Å². The summed E-state index contributed by atoms with van der Waals surface area (Å²) in [6, 6.07) is 8.23. The quantitative estimate of drug-likeness (QED) is 0.378. The molecule has 37 heavy (non-hydrogen) atoms. The van der Waals surface area contributed by atoms with E-state index in [4.69, 9.17) is 9.47 Å². The number of carboxylic acid groups (broad SMARTS) is 1. The summed E-state index contributed by atoms with van der Waals surface area (Å²) in [5.41, 5.74) is 2.21. The molecule has 4 atom stereocenters. The maximum Gasteiger partial charge on any atom is 0.306 e. The molecule has 8 nitrogen and oxygen atoms in total. The highest BCUT2D eigenvalue weighted by molar-refractivity contribution is 5.78. The summed E-state index contributed by atoms with van der Waals surface area (Å²) >= 11 is 0. The molecule has 0 spiro atoms. The van der Waals surface area contributed by atoms with Crippen molar-refractivity contribution < 1.29 is 33.3 Å². The summed E-state index contributed by atoms with van der Waals surface area (Å²) in [5.74, 6) is -1.64. The first-order valence-corrected chi connectivity index (χ1v) is 12.0. The minimum absolute atomic E-state index is 0.128. The van der Waals surface area contributed by atoms with Gasteiger partial charge < -0.3 is 25.0 Å². The van der Waals surface area contributed by atoms with Gasteiger partial charge >= 0.3 is 5.97 Å². The average molecular weight is 514 g/mol. The smallest absolute Gasteiger partial charge is 0.306 e. The Labute approximate surface area is 213 Å². The SMILES string of the molecule is COc1ccc2nccc(C[C@H](O)[C@H]3CC[C@@H](NC/C=C/c4cc(F)ccc4F)[C@@H](CC(=O)O)O3)c2n1. The lowest BCUT2D eigenvalue weighted by Crippen LogP contribution is -2.51. The van der Waals surface area contributed by atoms with Crippen LogP contribution in [0.3, 0.4) is 0 Å². The fourth-order valence-electron chi connectivity index (χ4n) is 4.54. The van der Waals surface area contributed by atoms with Crippen LogP contribution in [0.5, 0.6) is 5.88 Å². The Hall–Kier alpha value is -3.47. The van der Waals surface area contributed by atoms with Gasteiger partial charge in [0.1, 0.15) is 11.6 Å². The number of halogens is 2. The highest BCUT2D eigenvalue weighted by Crippen LogP contribution is 2.27. The van der Waals surface area contributed by atoms with Gasteiger partial charge in [-0.3, -0.25) is 9.78 Å². The second kappa shape index (κ2) is 12.2. The number of hydrogen-bond acceptors (Lipinski definition) is 7. The largest absolute Gasteiger partial charge is 0.481 e. The molecular formula is C27H29F2N3O5. The number of carbonyl (C=O) groups is 1. The predicted octanol–water partition coefficient (Wildman–Crippen LogP) is 3.51. The number of aliphatic carboxylic acids is 1. The standard InChI is InChI=1S/C27H29F2N3O5/c1-36-25-9-7-21-27(32-25)17(10-12-31-21)14-22(33)23-8-6-20(24(37-23)15-26(34)35)30-11-2-3-16-13-18(28)4-5-19(16)29/h2-5,7,9-10,12-13,20,22-24,30,33H,6,8,11,14-15H2,1H3,(H,34,35)/b3-2+/t20-,22+,23-,24-/m1/s1. The van der Waals surface area contributed by atoms with Crippen molar-refractivity contribution in [2.75, 3.05) is 13.7 Å². The molecule has 0 radical (unpaired) electrons. The second-order valence-corrected chi connectivity index (χ2v) is 8.93. The molecule has 1 aliphatic rings. The van der Waals surface area contributed by atoms with Gasteiger partial charge in [0, 0.05) is 36.8 Å². The minimum atomic E-state index is -1.01. The summed E-state index contributed by atoms with van der Waals surface area (Å²) in [6.07, 6.45) is 3.75. The lowest BCUT2D eigenvalue weighted by molar-refractivity contribution is -0.151. The molecule has 0 bridgehead atoms. The van der Waals surface area contributed by atoms with Crippen molar-refractivity contribution in [2.24, 2.45) is 0 Å². The molecule has 1 saturated heterocycles. The number of benzene rings is 1. The van der Waals surface area contributed by atoms with E-state index in [0.29, 0.717) is 36.3 Å². The molecule has 3 N–H and O–H groups in total. The Kier molecular flexibility index (Phi) is 8.75. The third-order valence-electron chi connectivity index (χ3n) is 6.40. The van der Waals surface area contributed by atoms with E-state index in [-0.39, 0.29) is 24.4 Å². The van der Waals surface area contributed by atoms with E-state index in [9.17, 15) is 23.8 Å². The number of pyridine rings is 2. The highest BCUT2D eigenvalue weighted by Gasteiger charge is 2.35. The van der Waals surface area contributed by atoms with E-state index in [0.717, 1.165) is 23.8 Å². The monoisotopic (exact) mass is 513 g/mol. The average Bonchev–Trinajstić information content (AvgIpc) is 2.88. The summed E-state index contributed by atoms with van der Waals surface area (Å²) in [5, 5.41) is 23.6. The second-order valence-electron chi connectivity index (χ2n) is 8.93. The lowest BCUT2D eigenvalue weighted by atomic mass is 9.92. The molecule has 10 heteroatoms. The number of methoxy groups -OCH3 is 1. The summed E-state index contributed by atoms with van der Waals surface area (Å²) in [7, 11) is 1.53. The fraction of sp³-hybridized carbons (Fsp3) is 0.370. The van der Waals surface area contributed by atoms with Gasteiger partial charge in [0.2, 0.25) is 5.88 Å². The van der Waals surface area contributed by atoms with Crippen LogP contribution in [-0.2, 0) is 16.0 Å². The molecule has 0 unspecified atom stereocenters. The van der Waals surface area contributed by atoms with Crippen molar-refractivity contribution >= 4 is 23.1 Å². The molecule has 1 fully saturated rings. The van der Waals surface area contributed by atoms with E-state index >= 15 is 0 Å². The molecule has 3 heterocycles. The number of aliphatic hydroxyl groups is 1. The van der Waals surface area contributed by atoms with Crippen molar-refractivity contribution in [3.8, 4) is 5.88 Å². The van der Waals surface area contributed by atoms with Crippen molar-refractivity contribution in [3.05, 3.63) is 71.4 Å². The Bertz CT molecular complexity index is 1270. The normalized spacial score (nSPS) is 20.8. The molecule has 2 aromatic heterocycles. The zero-order valence-electron chi connectivity index (χ0n) is 20.3. The van der Waals surface area contributed by atoms with Gasteiger partial charge in [-0.05, 0) is 48.7 Å². The van der Waals surface area contributed by atoms with Gasteiger partial charge in [-0.2, -0.15) is 0 Å². The molecular weight excluding hydrogens is 484 g/mol. The van der Waals surface area contributed by atoms with Gasteiger partial charge in [0.05, 0.1) is 42.9 Å². The molecule has 3 aromatic rings. The maximum absolute atomic E-state index is 13.8. The number of nitrogens with one attached hydrogen (secondary N) is 1. The zero-order chi connectivity index (χ0) is 26.4. The van der Waals surface area contributed by atoms with Crippen LogP contribution in [0.4, 0.5) is 8.78 Å². The van der Waals surface area contributed by atoms with E-state index in [2.05, 4.69) is 15.3 Å². The number of fused-ring (bicyclic) bond motifs is 1. The first kappa shape index (κ1) is 26.6. The first-order chi connectivity index (χ1) is 17.8. The van der Waals surface area contributed by atoms with Crippen LogP contribution >= 0.6 is 0 Å². The van der Waals surface area contributed by atoms with Crippen LogP contribution in [0.2, 0.25) is 0 Å². The molecule has 196 valence electrons. The number of carboxylic acids is 1. The Morgan fingerprint density at radius 1 is 1.27 bits per heavy atom. The zero-order valence-corrected chi connectivity index (χ0v) is 20.3. The summed E-state index contributed by atoms with van der Waals surface area (Å²) in [6.45, 7) is 0.309. The molecule has 1 aliphatic heterocycles. The van der Waals surface area contributed by atoms with Gasteiger partial charge in [0.15, 0.2) is 0 Å². The van der Waals surface area contributed by atoms with Crippen molar-refractivity contribution in [2.45, 2.75) is 50.0 Å². The molecule has 1 aromatic carbocycles. The predicted molar refractivity (Wildman–Crippen MR) is 133 cm³/mol. The number of aliphatic hydroxyl groups excluding tert-OH is 1. The highest BCUT2D eigenvalue weighted by atomic mass is 19.1. The van der Waals surface area contributed by atoms with Crippen LogP contribution in [0.15, 0.2) is 48.7 Å². The maximum atomic E-state index is 13.8. The molecule has 0 saturated carbocycles. The number of hydrogen-bond donors (Lipinski definition) is 3. The summed E-state index contributed by atoms with van der Waals surface area (Å²) < 4.78 is 38.4. The topological polar surface area (TPSA) is 114 Å². The van der Waals surface area contributed by atoms with Crippen LogP contribution < -0.4 is 10.1 Å². The summed E-state index contributed by atoms with van der Waals surface area (Å²) in [4.78, 5) is 20.2. The Balaban J connectivity index is 1.39. The number of rotatable bonds is 10.